The molecular weight excluding hydrogens is 949 g/mol. The van der Waals surface area contributed by atoms with Crippen molar-refractivity contribution in [2.75, 3.05) is 13.2 Å². The predicted octanol–water partition coefficient (Wildman–Crippen LogP) is 21.8. The van der Waals surface area contributed by atoms with Gasteiger partial charge in [0.25, 0.3) is 0 Å². The monoisotopic (exact) mass is 1060 g/mol. The van der Waals surface area contributed by atoms with E-state index in [-0.39, 0.29) is 37.5 Å². The van der Waals surface area contributed by atoms with Crippen LogP contribution in [0.1, 0.15) is 278 Å². The number of hydrogen-bond donors (Lipinski definition) is 0. The number of carbonyl (C=O) groups is 3. The number of rotatable bonds is 56. The van der Waals surface area contributed by atoms with Crippen LogP contribution in [0.5, 0.6) is 0 Å². The van der Waals surface area contributed by atoms with E-state index in [1.54, 1.807) is 0 Å². The van der Waals surface area contributed by atoms with Crippen LogP contribution in [-0.4, -0.2) is 37.2 Å². The summed E-state index contributed by atoms with van der Waals surface area (Å²) in [6, 6.07) is 0. The number of ether oxygens (including phenoxy) is 3. The lowest BCUT2D eigenvalue weighted by Crippen LogP contribution is -2.30. The Hall–Kier alpha value is -4.45. The van der Waals surface area contributed by atoms with E-state index in [1.165, 1.54) is 122 Å². The van der Waals surface area contributed by atoms with Crippen molar-refractivity contribution in [1.82, 2.24) is 0 Å². The summed E-state index contributed by atoms with van der Waals surface area (Å²) in [5, 5.41) is 0. The molecule has 0 aromatic rings. The maximum absolute atomic E-state index is 12.9. The second-order valence-corrected chi connectivity index (χ2v) is 20.6. The number of unbranched alkanes of at least 4 members (excludes halogenated alkanes) is 23. The summed E-state index contributed by atoms with van der Waals surface area (Å²) in [6.07, 6.45) is 90.2. The van der Waals surface area contributed by atoms with Gasteiger partial charge >= 0.3 is 17.9 Å². The molecular formula is C71H116O6. The second-order valence-electron chi connectivity index (χ2n) is 20.6. The molecule has 0 aliphatic heterocycles. The molecule has 0 aliphatic carbocycles. The van der Waals surface area contributed by atoms with Gasteiger partial charge in [-0.2, -0.15) is 0 Å². The third kappa shape index (κ3) is 62.3. The molecule has 0 aliphatic rings. The van der Waals surface area contributed by atoms with Crippen LogP contribution in [0.3, 0.4) is 0 Å². The molecule has 0 bridgehead atoms. The highest BCUT2D eigenvalue weighted by Gasteiger charge is 2.19. The molecule has 0 radical (unpaired) electrons. The van der Waals surface area contributed by atoms with Gasteiger partial charge in [0, 0.05) is 19.3 Å². The van der Waals surface area contributed by atoms with Crippen molar-refractivity contribution in [3.05, 3.63) is 134 Å². The Kier molecular flexibility index (Phi) is 60.4. The van der Waals surface area contributed by atoms with Crippen LogP contribution in [0.4, 0.5) is 0 Å². The molecule has 0 N–H and O–H groups in total. The number of hydrogen-bond acceptors (Lipinski definition) is 6. The molecule has 0 fully saturated rings. The summed E-state index contributed by atoms with van der Waals surface area (Å²) in [4.78, 5) is 38.3. The summed E-state index contributed by atoms with van der Waals surface area (Å²) in [5.41, 5.74) is 0. The highest BCUT2D eigenvalue weighted by atomic mass is 16.6. The SMILES string of the molecule is CC/C=C\C/C=C\C/C=C\C/C=C\C/C=C\C/C=C\C/C=C\CCCC(=O)OCC(COC(=O)CCCCCCCCC/C=C\C/C=C\CCCCC)OC(=O)CCCCCCCCCCC/C=C\C/C=C\CCCCC. The summed E-state index contributed by atoms with van der Waals surface area (Å²) in [5.74, 6) is -0.977. The van der Waals surface area contributed by atoms with Crippen LogP contribution in [0, 0.1) is 0 Å². The summed E-state index contributed by atoms with van der Waals surface area (Å²) < 4.78 is 16.9. The fraction of sp³-hybridized carbons (Fsp3) is 0.648. The Balaban J connectivity index is 4.52. The fourth-order valence-corrected chi connectivity index (χ4v) is 8.37. The van der Waals surface area contributed by atoms with Crippen molar-refractivity contribution < 1.29 is 28.6 Å². The predicted molar refractivity (Wildman–Crippen MR) is 334 cm³/mol. The lowest BCUT2D eigenvalue weighted by atomic mass is 10.1. The number of esters is 3. The first-order valence-electron chi connectivity index (χ1n) is 31.7. The van der Waals surface area contributed by atoms with E-state index in [0.29, 0.717) is 19.3 Å². The Bertz CT molecular complexity index is 1650. The lowest BCUT2D eigenvalue weighted by Gasteiger charge is -2.18. The van der Waals surface area contributed by atoms with Gasteiger partial charge < -0.3 is 14.2 Å². The molecule has 6 nitrogen and oxygen atoms in total. The summed E-state index contributed by atoms with van der Waals surface area (Å²) >= 11 is 0. The molecule has 0 aromatic carbocycles. The van der Waals surface area contributed by atoms with Crippen LogP contribution in [0.25, 0.3) is 0 Å². The minimum Gasteiger partial charge on any atom is -0.462 e. The van der Waals surface area contributed by atoms with E-state index in [9.17, 15) is 14.4 Å². The highest BCUT2D eigenvalue weighted by molar-refractivity contribution is 5.71. The molecule has 436 valence electrons. The molecule has 0 heterocycles. The smallest absolute Gasteiger partial charge is 0.306 e. The highest BCUT2D eigenvalue weighted by Crippen LogP contribution is 2.15. The third-order valence-electron chi connectivity index (χ3n) is 13.1. The van der Waals surface area contributed by atoms with Crippen LogP contribution < -0.4 is 0 Å². The molecule has 1 unspecified atom stereocenters. The zero-order valence-corrected chi connectivity index (χ0v) is 49.9. The summed E-state index contributed by atoms with van der Waals surface area (Å²) in [6.45, 7) is 6.43. The van der Waals surface area contributed by atoms with E-state index in [0.717, 1.165) is 109 Å². The Morgan fingerprint density at radius 3 is 0.844 bits per heavy atom. The van der Waals surface area contributed by atoms with Gasteiger partial charge in [0.2, 0.25) is 0 Å². The Morgan fingerprint density at radius 2 is 0.519 bits per heavy atom. The number of carbonyl (C=O) groups excluding carboxylic acids is 3. The second kappa shape index (κ2) is 64.1. The van der Waals surface area contributed by atoms with Gasteiger partial charge in [-0.15, -0.1) is 0 Å². The Morgan fingerprint density at radius 1 is 0.273 bits per heavy atom. The first-order valence-corrected chi connectivity index (χ1v) is 31.7. The molecule has 6 heteroatoms. The van der Waals surface area contributed by atoms with Gasteiger partial charge in [-0.25, -0.2) is 0 Å². The first kappa shape index (κ1) is 72.5. The summed E-state index contributed by atoms with van der Waals surface area (Å²) in [7, 11) is 0. The van der Waals surface area contributed by atoms with Crippen molar-refractivity contribution in [2.45, 2.75) is 284 Å². The maximum atomic E-state index is 12.9. The molecule has 0 saturated heterocycles. The molecule has 0 aromatic heterocycles. The molecule has 0 rings (SSSR count). The van der Waals surface area contributed by atoms with E-state index >= 15 is 0 Å². The normalized spacial score (nSPS) is 13.0. The van der Waals surface area contributed by atoms with E-state index in [1.807, 2.05) is 0 Å². The quantitative estimate of drug-likeness (QED) is 0.0261. The van der Waals surface area contributed by atoms with Crippen molar-refractivity contribution in [2.24, 2.45) is 0 Å². The van der Waals surface area contributed by atoms with Crippen LogP contribution in [0.15, 0.2) is 134 Å². The van der Waals surface area contributed by atoms with Crippen LogP contribution in [0.2, 0.25) is 0 Å². The average Bonchev–Trinajstić information content (AvgIpc) is 3.43. The standard InChI is InChI=1S/C71H116O6/c1-4-7-10-13-16-19-22-25-28-31-33-34-35-36-38-40-43-46-49-52-55-58-61-64-70(73)76-67-68(66-75-69(72)63-60-57-54-51-48-45-42-39-30-27-24-21-18-15-12-9-6-3)77-71(74)65-62-59-56-53-50-47-44-41-37-32-29-26-23-20-17-14-11-8-5-2/h7,10,16-21,25-30,33-34,36,38,43,46,52,55,68H,4-6,8-9,11-15,22-24,31-32,35,37,39-42,44-45,47-51,53-54,56-67H2,1-3H3/b10-7-,19-16-,20-17-,21-18-,28-25-,29-26-,30-27-,34-33-,38-36-,46-43-,55-52-. The van der Waals surface area contributed by atoms with Crippen molar-refractivity contribution in [3.8, 4) is 0 Å². The zero-order chi connectivity index (χ0) is 55.7. The molecule has 0 amide bonds. The minimum atomic E-state index is -0.814. The van der Waals surface area contributed by atoms with Gasteiger partial charge in [-0.3, -0.25) is 14.4 Å². The topological polar surface area (TPSA) is 78.9 Å². The molecule has 77 heavy (non-hydrogen) atoms. The number of allylic oxidation sites excluding steroid dienone is 22. The van der Waals surface area contributed by atoms with Gasteiger partial charge in [0.1, 0.15) is 13.2 Å². The largest absolute Gasteiger partial charge is 0.462 e. The van der Waals surface area contributed by atoms with Gasteiger partial charge in [0.15, 0.2) is 6.10 Å². The lowest BCUT2D eigenvalue weighted by molar-refractivity contribution is -0.167. The van der Waals surface area contributed by atoms with E-state index in [2.05, 4.69) is 154 Å². The minimum absolute atomic E-state index is 0.105. The van der Waals surface area contributed by atoms with Crippen LogP contribution in [-0.2, 0) is 28.6 Å². The van der Waals surface area contributed by atoms with Gasteiger partial charge in [0.05, 0.1) is 0 Å². The molecule has 0 saturated carbocycles. The fourth-order valence-electron chi connectivity index (χ4n) is 8.37. The Labute approximate surface area is 475 Å². The van der Waals surface area contributed by atoms with Crippen molar-refractivity contribution in [3.63, 3.8) is 0 Å². The van der Waals surface area contributed by atoms with E-state index in [4.69, 9.17) is 14.2 Å². The van der Waals surface area contributed by atoms with Crippen LogP contribution >= 0.6 is 0 Å². The van der Waals surface area contributed by atoms with E-state index < -0.39 is 6.10 Å². The zero-order valence-electron chi connectivity index (χ0n) is 49.9. The maximum Gasteiger partial charge on any atom is 0.306 e. The molecule has 0 spiro atoms. The van der Waals surface area contributed by atoms with Crippen molar-refractivity contribution in [1.29, 1.82) is 0 Å². The van der Waals surface area contributed by atoms with Crippen molar-refractivity contribution >= 4 is 17.9 Å². The van der Waals surface area contributed by atoms with Gasteiger partial charge in [-0.05, 0) is 135 Å². The molecule has 1 atom stereocenters. The average molecular weight is 1070 g/mol. The van der Waals surface area contributed by atoms with Gasteiger partial charge in [-0.1, -0.05) is 257 Å². The third-order valence-corrected chi connectivity index (χ3v) is 13.1. The first-order chi connectivity index (χ1) is 38.0.